The first-order valence-electron chi connectivity index (χ1n) is 5.72. The van der Waals surface area contributed by atoms with Gasteiger partial charge in [-0.2, -0.15) is 0 Å². The molecule has 0 bridgehead atoms. The van der Waals surface area contributed by atoms with Crippen molar-refractivity contribution in [1.29, 1.82) is 0 Å². The number of hydrogen-bond acceptors (Lipinski definition) is 3. The van der Waals surface area contributed by atoms with Gasteiger partial charge in [-0.1, -0.05) is 19.1 Å². The molecule has 0 aliphatic carbocycles. The zero-order valence-corrected chi connectivity index (χ0v) is 10.6. The zero-order valence-electron chi connectivity index (χ0n) is 10.6. The monoisotopic (exact) mass is 236 g/mol. The minimum atomic E-state index is -0.0226. The van der Waals surface area contributed by atoms with Crippen molar-refractivity contribution in [3.8, 4) is 5.75 Å². The minimum Gasteiger partial charge on any atom is -0.497 e. The average molecular weight is 236 g/mol. The Labute approximate surface area is 102 Å². The van der Waals surface area contributed by atoms with Gasteiger partial charge in [0.2, 0.25) is 5.91 Å². The minimum absolute atomic E-state index is 0.0226. The van der Waals surface area contributed by atoms with Gasteiger partial charge >= 0.3 is 0 Å². The standard InChI is InChI=1S/C13H20N2O2/c1-10(8-14-2)13(16)15-9-11-5-4-6-12(7-11)17-3/h4-7,10,14H,8-9H2,1-3H3,(H,15,16). The molecule has 0 saturated carbocycles. The highest BCUT2D eigenvalue weighted by atomic mass is 16.5. The van der Waals surface area contributed by atoms with Crippen LogP contribution >= 0.6 is 0 Å². The van der Waals surface area contributed by atoms with Gasteiger partial charge < -0.3 is 15.4 Å². The molecule has 4 heteroatoms. The quantitative estimate of drug-likeness (QED) is 0.779. The van der Waals surface area contributed by atoms with Crippen LogP contribution in [0.1, 0.15) is 12.5 Å². The summed E-state index contributed by atoms with van der Waals surface area (Å²) < 4.78 is 5.12. The Kier molecular flexibility index (Phi) is 5.49. The second-order valence-corrected chi connectivity index (χ2v) is 4.03. The van der Waals surface area contributed by atoms with Gasteiger partial charge in [-0.3, -0.25) is 4.79 Å². The fourth-order valence-corrected chi connectivity index (χ4v) is 1.54. The van der Waals surface area contributed by atoms with Crippen LogP contribution in [0.3, 0.4) is 0 Å². The molecule has 17 heavy (non-hydrogen) atoms. The topological polar surface area (TPSA) is 50.4 Å². The molecule has 1 unspecified atom stereocenters. The lowest BCUT2D eigenvalue weighted by molar-refractivity contribution is -0.124. The second kappa shape index (κ2) is 6.91. The molecule has 0 radical (unpaired) electrons. The average Bonchev–Trinajstić information content (AvgIpc) is 2.36. The number of carbonyl (C=O) groups excluding carboxylic acids is 1. The van der Waals surface area contributed by atoms with Gasteiger partial charge in [0, 0.05) is 19.0 Å². The first-order valence-corrected chi connectivity index (χ1v) is 5.72. The van der Waals surface area contributed by atoms with Crippen LogP contribution in [0.15, 0.2) is 24.3 Å². The van der Waals surface area contributed by atoms with Crippen molar-refractivity contribution in [2.45, 2.75) is 13.5 Å². The van der Waals surface area contributed by atoms with E-state index in [0.717, 1.165) is 11.3 Å². The summed E-state index contributed by atoms with van der Waals surface area (Å²) in [6.45, 7) is 3.12. The smallest absolute Gasteiger partial charge is 0.224 e. The Morgan fingerprint density at radius 1 is 1.47 bits per heavy atom. The maximum Gasteiger partial charge on any atom is 0.224 e. The summed E-state index contributed by atoms with van der Waals surface area (Å²) in [5, 5.41) is 5.88. The molecule has 2 N–H and O–H groups in total. The summed E-state index contributed by atoms with van der Waals surface area (Å²) in [6.07, 6.45) is 0. The summed E-state index contributed by atoms with van der Waals surface area (Å²) in [7, 11) is 3.47. The van der Waals surface area contributed by atoms with Gasteiger partial charge in [0.15, 0.2) is 0 Å². The number of carbonyl (C=O) groups is 1. The highest BCUT2D eigenvalue weighted by Crippen LogP contribution is 2.12. The largest absolute Gasteiger partial charge is 0.497 e. The van der Waals surface area contributed by atoms with E-state index in [2.05, 4.69) is 10.6 Å². The highest BCUT2D eigenvalue weighted by molar-refractivity contribution is 5.78. The predicted molar refractivity (Wildman–Crippen MR) is 67.9 cm³/mol. The lowest BCUT2D eigenvalue weighted by atomic mass is 10.1. The van der Waals surface area contributed by atoms with Gasteiger partial charge in [-0.25, -0.2) is 0 Å². The predicted octanol–water partition coefficient (Wildman–Crippen LogP) is 1.17. The molecule has 1 rings (SSSR count). The fourth-order valence-electron chi connectivity index (χ4n) is 1.54. The lowest BCUT2D eigenvalue weighted by Crippen LogP contribution is -2.33. The molecule has 0 fully saturated rings. The van der Waals surface area contributed by atoms with E-state index in [1.54, 1.807) is 7.11 Å². The molecule has 1 aromatic carbocycles. The molecular weight excluding hydrogens is 216 g/mol. The molecule has 0 aliphatic heterocycles. The van der Waals surface area contributed by atoms with Crippen LogP contribution in [0.25, 0.3) is 0 Å². The first-order chi connectivity index (χ1) is 8.17. The third-order valence-electron chi connectivity index (χ3n) is 2.56. The summed E-state index contributed by atoms with van der Waals surface area (Å²) in [6, 6.07) is 7.68. The maximum atomic E-state index is 11.7. The van der Waals surface area contributed by atoms with Crippen LogP contribution < -0.4 is 15.4 Å². The summed E-state index contributed by atoms with van der Waals surface area (Å²) in [5.74, 6) is 0.841. The number of amides is 1. The van der Waals surface area contributed by atoms with E-state index in [4.69, 9.17) is 4.74 Å². The Balaban J connectivity index is 2.46. The second-order valence-electron chi connectivity index (χ2n) is 4.03. The molecule has 1 amide bonds. The first kappa shape index (κ1) is 13.5. The van der Waals surface area contributed by atoms with Crippen molar-refractivity contribution in [2.24, 2.45) is 5.92 Å². The summed E-state index contributed by atoms with van der Waals surface area (Å²) in [4.78, 5) is 11.7. The maximum absolute atomic E-state index is 11.7. The van der Waals surface area contributed by atoms with Crippen molar-refractivity contribution in [3.05, 3.63) is 29.8 Å². The van der Waals surface area contributed by atoms with Crippen LogP contribution in [0.5, 0.6) is 5.75 Å². The van der Waals surface area contributed by atoms with E-state index in [1.165, 1.54) is 0 Å². The Morgan fingerprint density at radius 2 is 2.24 bits per heavy atom. The highest BCUT2D eigenvalue weighted by Gasteiger charge is 2.10. The zero-order chi connectivity index (χ0) is 12.7. The molecule has 0 aromatic heterocycles. The van der Waals surface area contributed by atoms with Crippen molar-refractivity contribution in [2.75, 3.05) is 20.7 Å². The van der Waals surface area contributed by atoms with Gasteiger partial charge in [0.1, 0.15) is 5.75 Å². The lowest BCUT2D eigenvalue weighted by Gasteiger charge is -2.11. The van der Waals surface area contributed by atoms with E-state index in [9.17, 15) is 4.79 Å². The molecule has 4 nitrogen and oxygen atoms in total. The molecule has 1 aromatic rings. The van der Waals surface area contributed by atoms with Crippen molar-refractivity contribution >= 4 is 5.91 Å². The number of ether oxygens (including phenoxy) is 1. The van der Waals surface area contributed by atoms with E-state index >= 15 is 0 Å². The van der Waals surface area contributed by atoms with Gasteiger partial charge in [0.05, 0.1) is 7.11 Å². The molecule has 0 aliphatic rings. The molecule has 94 valence electrons. The fraction of sp³-hybridized carbons (Fsp3) is 0.462. The molecule has 1 atom stereocenters. The van der Waals surface area contributed by atoms with Crippen LogP contribution in [-0.2, 0) is 11.3 Å². The normalized spacial score (nSPS) is 11.9. The van der Waals surface area contributed by atoms with E-state index in [-0.39, 0.29) is 11.8 Å². The number of rotatable bonds is 6. The van der Waals surface area contributed by atoms with E-state index in [0.29, 0.717) is 13.1 Å². The molecule has 0 spiro atoms. The van der Waals surface area contributed by atoms with Crippen LogP contribution in [0.4, 0.5) is 0 Å². The molecular formula is C13H20N2O2. The Hall–Kier alpha value is -1.55. The molecule has 0 saturated heterocycles. The third-order valence-corrected chi connectivity index (χ3v) is 2.56. The van der Waals surface area contributed by atoms with Crippen molar-refractivity contribution < 1.29 is 9.53 Å². The summed E-state index contributed by atoms with van der Waals surface area (Å²) in [5.41, 5.74) is 1.04. The van der Waals surface area contributed by atoms with Crippen molar-refractivity contribution in [1.82, 2.24) is 10.6 Å². The Bertz CT molecular complexity index is 366. The number of methoxy groups -OCH3 is 1. The van der Waals surface area contributed by atoms with Crippen molar-refractivity contribution in [3.63, 3.8) is 0 Å². The van der Waals surface area contributed by atoms with E-state index in [1.807, 2.05) is 38.2 Å². The Morgan fingerprint density at radius 3 is 2.88 bits per heavy atom. The SMILES string of the molecule is CNCC(C)C(=O)NCc1cccc(OC)c1. The number of nitrogens with one attached hydrogen (secondary N) is 2. The van der Waals surface area contributed by atoms with Crippen LogP contribution in [0, 0.1) is 5.92 Å². The van der Waals surface area contributed by atoms with Gasteiger partial charge in [-0.15, -0.1) is 0 Å². The number of hydrogen-bond donors (Lipinski definition) is 2. The molecule has 0 heterocycles. The van der Waals surface area contributed by atoms with E-state index < -0.39 is 0 Å². The summed E-state index contributed by atoms with van der Waals surface area (Å²) >= 11 is 0. The van der Waals surface area contributed by atoms with Crippen LogP contribution in [-0.4, -0.2) is 26.6 Å². The van der Waals surface area contributed by atoms with Crippen LogP contribution in [0.2, 0.25) is 0 Å². The van der Waals surface area contributed by atoms with Gasteiger partial charge in [0.25, 0.3) is 0 Å². The number of benzene rings is 1. The van der Waals surface area contributed by atoms with Gasteiger partial charge in [-0.05, 0) is 24.7 Å². The third kappa shape index (κ3) is 4.44.